The van der Waals surface area contributed by atoms with E-state index in [9.17, 15) is 22.4 Å². The molecule has 3 aromatic rings. The number of hydrogen-bond donors (Lipinski definition) is 1. The van der Waals surface area contributed by atoms with E-state index in [2.05, 4.69) is 15.4 Å². The summed E-state index contributed by atoms with van der Waals surface area (Å²) in [6.45, 7) is 3.84. The molecular formula is C19H17ClF4N4OS. The predicted octanol–water partition coefficient (Wildman–Crippen LogP) is 5.59. The van der Waals surface area contributed by atoms with Crippen LogP contribution in [-0.4, -0.2) is 26.5 Å². The maximum Gasteiger partial charge on any atom is 0.445 e. The fourth-order valence-corrected chi connectivity index (χ4v) is 3.89. The van der Waals surface area contributed by atoms with Crippen molar-refractivity contribution in [2.24, 2.45) is 0 Å². The summed E-state index contributed by atoms with van der Waals surface area (Å²) in [7, 11) is 0. The van der Waals surface area contributed by atoms with Gasteiger partial charge in [-0.1, -0.05) is 36.3 Å². The van der Waals surface area contributed by atoms with Crippen LogP contribution in [0.4, 0.5) is 17.6 Å². The standard InChI is InChI=1S/C19H17ClF4N4OS/c1-3-4-10(2)25-15(29)8-7-14-16(12-6-5-11(21)9-13(12)20)26-18-28(14)27-17(30-18)19(22,23)24/h5-10H,3-4H2,1-2H3,(H,25,29)/b8-7+. The van der Waals surface area contributed by atoms with E-state index in [0.717, 1.165) is 29.5 Å². The molecule has 1 atom stereocenters. The van der Waals surface area contributed by atoms with Gasteiger partial charge in [0.1, 0.15) is 11.5 Å². The highest BCUT2D eigenvalue weighted by Crippen LogP contribution is 2.37. The van der Waals surface area contributed by atoms with Crippen LogP contribution < -0.4 is 5.32 Å². The van der Waals surface area contributed by atoms with Crippen LogP contribution in [0.15, 0.2) is 24.3 Å². The van der Waals surface area contributed by atoms with Gasteiger partial charge >= 0.3 is 6.18 Å². The average molecular weight is 461 g/mol. The van der Waals surface area contributed by atoms with Crippen LogP contribution in [0.25, 0.3) is 22.3 Å². The van der Waals surface area contributed by atoms with Gasteiger partial charge in [-0.05, 0) is 37.6 Å². The Bertz CT molecular complexity index is 1110. The number of fused-ring (bicyclic) bond motifs is 1. The molecule has 30 heavy (non-hydrogen) atoms. The van der Waals surface area contributed by atoms with E-state index >= 15 is 0 Å². The molecule has 0 aliphatic carbocycles. The van der Waals surface area contributed by atoms with Crippen molar-refractivity contribution in [3.05, 3.63) is 45.8 Å². The molecule has 160 valence electrons. The van der Waals surface area contributed by atoms with Gasteiger partial charge in [-0.25, -0.2) is 13.9 Å². The van der Waals surface area contributed by atoms with Gasteiger partial charge in [0.15, 0.2) is 0 Å². The summed E-state index contributed by atoms with van der Waals surface area (Å²) < 4.78 is 53.6. The molecule has 0 saturated heterocycles. The van der Waals surface area contributed by atoms with Crippen LogP contribution in [0.3, 0.4) is 0 Å². The van der Waals surface area contributed by atoms with E-state index in [0.29, 0.717) is 16.9 Å². The molecule has 0 spiro atoms. The molecule has 5 nitrogen and oxygen atoms in total. The van der Waals surface area contributed by atoms with Crippen molar-refractivity contribution in [1.29, 1.82) is 0 Å². The summed E-state index contributed by atoms with van der Waals surface area (Å²) in [5.41, 5.74) is 0.630. The minimum atomic E-state index is -4.63. The molecule has 1 aromatic carbocycles. The summed E-state index contributed by atoms with van der Waals surface area (Å²) >= 11 is 6.47. The van der Waals surface area contributed by atoms with Gasteiger partial charge in [0, 0.05) is 17.7 Å². The number of imidazole rings is 1. The molecule has 0 bridgehead atoms. The Labute approximate surface area is 178 Å². The van der Waals surface area contributed by atoms with Gasteiger partial charge in [0.05, 0.1) is 10.7 Å². The number of halogens is 5. The highest BCUT2D eigenvalue weighted by Gasteiger charge is 2.36. The highest BCUT2D eigenvalue weighted by molar-refractivity contribution is 7.16. The minimum absolute atomic E-state index is 0.0304. The molecule has 1 amide bonds. The average Bonchev–Trinajstić information content (AvgIpc) is 3.18. The maximum atomic E-state index is 13.4. The first-order valence-corrected chi connectivity index (χ1v) is 10.2. The Morgan fingerprint density at radius 1 is 1.40 bits per heavy atom. The number of nitrogens with one attached hydrogen (secondary N) is 1. The Morgan fingerprint density at radius 2 is 2.13 bits per heavy atom. The molecular weight excluding hydrogens is 444 g/mol. The normalized spacial score (nSPS) is 13.3. The summed E-state index contributed by atoms with van der Waals surface area (Å²) in [5, 5.41) is 5.33. The summed E-state index contributed by atoms with van der Waals surface area (Å²) in [6.07, 6.45) is -0.437. The van der Waals surface area contributed by atoms with Crippen molar-refractivity contribution < 1.29 is 22.4 Å². The summed E-state index contributed by atoms with van der Waals surface area (Å²) in [5.74, 6) is -0.975. The van der Waals surface area contributed by atoms with E-state index in [-0.39, 0.29) is 27.4 Å². The number of amides is 1. The lowest BCUT2D eigenvalue weighted by atomic mass is 10.1. The molecule has 0 aliphatic rings. The smallest absolute Gasteiger partial charge is 0.350 e. The molecule has 2 heterocycles. The lowest BCUT2D eigenvalue weighted by Gasteiger charge is -2.10. The van der Waals surface area contributed by atoms with Gasteiger partial charge in [0.25, 0.3) is 0 Å². The second-order valence-electron chi connectivity index (χ2n) is 6.60. The fourth-order valence-electron chi connectivity index (χ4n) is 2.86. The zero-order valence-electron chi connectivity index (χ0n) is 15.9. The van der Waals surface area contributed by atoms with Crippen LogP contribution in [-0.2, 0) is 11.0 Å². The van der Waals surface area contributed by atoms with Crippen LogP contribution in [0, 0.1) is 5.82 Å². The first-order chi connectivity index (χ1) is 14.1. The van der Waals surface area contributed by atoms with Gasteiger partial charge < -0.3 is 5.32 Å². The summed E-state index contributed by atoms with van der Waals surface area (Å²) in [4.78, 5) is 16.4. The number of hydrogen-bond acceptors (Lipinski definition) is 4. The highest BCUT2D eigenvalue weighted by atomic mass is 35.5. The molecule has 1 unspecified atom stereocenters. The third-order valence-corrected chi connectivity index (χ3v) is 5.44. The Kier molecular flexibility index (Phi) is 6.47. The molecule has 3 rings (SSSR count). The predicted molar refractivity (Wildman–Crippen MR) is 108 cm³/mol. The number of alkyl halides is 3. The number of carbonyl (C=O) groups excluding carboxylic acids is 1. The van der Waals surface area contributed by atoms with Gasteiger partial charge in [-0.15, -0.1) is 5.10 Å². The van der Waals surface area contributed by atoms with Crippen molar-refractivity contribution >= 4 is 39.9 Å². The van der Waals surface area contributed by atoms with Crippen LogP contribution >= 0.6 is 22.9 Å². The third-order valence-electron chi connectivity index (χ3n) is 4.17. The maximum absolute atomic E-state index is 13.4. The van der Waals surface area contributed by atoms with Crippen LogP contribution in [0.5, 0.6) is 0 Å². The molecule has 2 aromatic heterocycles. The Morgan fingerprint density at radius 3 is 2.77 bits per heavy atom. The molecule has 0 aliphatic heterocycles. The van der Waals surface area contributed by atoms with Gasteiger partial charge in [-0.2, -0.15) is 13.2 Å². The number of rotatable bonds is 6. The zero-order valence-corrected chi connectivity index (χ0v) is 17.5. The van der Waals surface area contributed by atoms with Crippen LogP contribution in [0.1, 0.15) is 37.4 Å². The molecule has 1 N–H and O–H groups in total. The van der Waals surface area contributed by atoms with E-state index in [1.807, 2.05) is 13.8 Å². The largest absolute Gasteiger partial charge is 0.445 e. The Hall–Kier alpha value is -2.46. The topological polar surface area (TPSA) is 59.3 Å². The molecule has 11 heteroatoms. The monoisotopic (exact) mass is 460 g/mol. The number of benzene rings is 1. The number of carbonyl (C=O) groups is 1. The molecule has 0 saturated carbocycles. The van der Waals surface area contributed by atoms with E-state index in [1.165, 1.54) is 18.2 Å². The van der Waals surface area contributed by atoms with E-state index < -0.39 is 22.9 Å². The SMILES string of the molecule is CCCC(C)NC(=O)/C=C/c1c(-c2ccc(F)cc2Cl)nc2sc(C(F)(F)F)nn12. The van der Waals surface area contributed by atoms with Gasteiger partial charge in [0.2, 0.25) is 15.9 Å². The van der Waals surface area contributed by atoms with Gasteiger partial charge in [-0.3, -0.25) is 4.79 Å². The number of nitrogens with zero attached hydrogens (tertiary/aromatic N) is 3. The second-order valence-corrected chi connectivity index (χ2v) is 7.96. The lowest BCUT2D eigenvalue weighted by molar-refractivity contribution is -0.138. The first kappa shape index (κ1) is 22.2. The Balaban J connectivity index is 2.07. The van der Waals surface area contributed by atoms with Crippen molar-refractivity contribution in [1.82, 2.24) is 19.9 Å². The van der Waals surface area contributed by atoms with Crippen molar-refractivity contribution in [3.63, 3.8) is 0 Å². The van der Waals surface area contributed by atoms with E-state index in [4.69, 9.17) is 11.6 Å². The third kappa shape index (κ3) is 4.81. The van der Waals surface area contributed by atoms with Crippen LogP contribution in [0.2, 0.25) is 5.02 Å². The molecule has 0 radical (unpaired) electrons. The van der Waals surface area contributed by atoms with Crippen molar-refractivity contribution in [2.75, 3.05) is 0 Å². The quantitative estimate of drug-likeness (QED) is 0.385. The second kappa shape index (κ2) is 8.73. The van der Waals surface area contributed by atoms with Crippen molar-refractivity contribution in [2.45, 2.75) is 38.9 Å². The lowest BCUT2D eigenvalue weighted by Crippen LogP contribution is -2.30. The molecule has 0 fully saturated rings. The zero-order chi connectivity index (χ0) is 22.1. The van der Waals surface area contributed by atoms with E-state index in [1.54, 1.807) is 0 Å². The minimum Gasteiger partial charge on any atom is -0.350 e. The van der Waals surface area contributed by atoms with Crippen molar-refractivity contribution in [3.8, 4) is 11.3 Å². The first-order valence-electron chi connectivity index (χ1n) is 9.01. The fraction of sp³-hybridized carbons (Fsp3) is 0.316. The number of aromatic nitrogens is 3. The summed E-state index contributed by atoms with van der Waals surface area (Å²) in [6, 6.07) is 3.55.